The zero-order valence-corrected chi connectivity index (χ0v) is 16.0. The zero-order chi connectivity index (χ0) is 16.7. The lowest BCUT2D eigenvalue weighted by molar-refractivity contribution is 0.0907. The molecule has 3 aromatic rings. The highest BCUT2D eigenvalue weighted by Crippen LogP contribution is 2.31. The first-order valence-electron chi connectivity index (χ1n) is 8.16. The van der Waals surface area contributed by atoms with Gasteiger partial charge in [-0.3, -0.25) is 4.79 Å². The predicted octanol–water partition coefficient (Wildman–Crippen LogP) is 4.37. The highest BCUT2D eigenvalue weighted by atomic mass is 35.5. The van der Waals surface area contributed by atoms with Gasteiger partial charge in [-0.2, -0.15) is 0 Å². The van der Waals surface area contributed by atoms with Crippen LogP contribution in [-0.2, 0) is 6.42 Å². The molecule has 0 spiro atoms. The summed E-state index contributed by atoms with van der Waals surface area (Å²) in [7, 11) is 0. The smallest absolute Gasteiger partial charge is 0.287 e. The molecule has 7 heteroatoms. The number of hydrogen-bond acceptors (Lipinski definition) is 4. The average molecular weight is 394 g/mol. The molecule has 0 saturated carbocycles. The number of aromatic nitrogens is 1. The minimum absolute atomic E-state index is 0. The molecule has 5 nitrogen and oxygen atoms in total. The van der Waals surface area contributed by atoms with Gasteiger partial charge < -0.3 is 15.5 Å². The van der Waals surface area contributed by atoms with Gasteiger partial charge in [-0.1, -0.05) is 6.07 Å². The van der Waals surface area contributed by atoms with Crippen molar-refractivity contribution < 1.29 is 9.21 Å². The van der Waals surface area contributed by atoms with Crippen molar-refractivity contribution in [2.75, 3.05) is 5.73 Å². The van der Waals surface area contributed by atoms with Gasteiger partial charge in [-0.25, -0.2) is 4.98 Å². The largest absolute Gasteiger partial charge is 0.449 e. The summed E-state index contributed by atoms with van der Waals surface area (Å²) in [6.45, 7) is 1.91. The molecule has 1 amide bonds. The molecule has 0 saturated heterocycles. The second kappa shape index (κ2) is 7.98. The zero-order valence-electron chi connectivity index (χ0n) is 14.3. The Balaban J connectivity index is 0.00000121. The summed E-state index contributed by atoms with van der Waals surface area (Å²) < 4.78 is 5.64. The Morgan fingerprint density at radius 3 is 2.85 bits per heavy atom. The van der Waals surface area contributed by atoms with Crippen LogP contribution in [0.5, 0.6) is 0 Å². The van der Waals surface area contributed by atoms with Crippen LogP contribution in [0.1, 0.15) is 46.3 Å². The van der Waals surface area contributed by atoms with Crippen molar-refractivity contribution in [1.82, 2.24) is 10.3 Å². The lowest BCUT2D eigenvalue weighted by Gasteiger charge is -2.26. The standard InChI is InChI=1S/C19H19N3O2.2ClH/c1-11-5-8-17-16(21-11)10-18(24-17)19(23)22-15-4-2-3-12-9-13(20)6-7-14(12)15;;/h5-10,15H,2-4,20H2,1H3,(H,22,23);2*1H. The number of nitrogen functional groups attached to an aromatic ring is 1. The summed E-state index contributed by atoms with van der Waals surface area (Å²) >= 11 is 0. The van der Waals surface area contributed by atoms with Crippen LogP contribution in [0.15, 0.2) is 40.8 Å². The van der Waals surface area contributed by atoms with E-state index in [9.17, 15) is 4.79 Å². The van der Waals surface area contributed by atoms with E-state index in [1.54, 1.807) is 6.07 Å². The fraction of sp³-hybridized carbons (Fsp3) is 0.263. The molecule has 1 unspecified atom stereocenters. The molecule has 2 aromatic heterocycles. The molecule has 1 aliphatic rings. The average Bonchev–Trinajstić information content (AvgIpc) is 2.98. The number of halogens is 2. The number of anilines is 1. The van der Waals surface area contributed by atoms with Crippen molar-refractivity contribution in [2.24, 2.45) is 0 Å². The van der Waals surface area contributed by atoms with E-state index >= 15 is 0 Å². The number of hydrogen-bond donors (Lipinski definition) is 2. The van der Waals surface area contributed by atoms with Crippen molar-refractivity contribution >= 4 is 47.5 Å². The van der Waals surface area contributed by atoms with Gasteiger partial charge in [-0.15, -0.1) is 24.8 Å². The van der Waals surface area contributed by atoms with E-state index in [0.29, 0.717) is 16.9 Å². The first-order chi connectivity index (χ1) is 11.6. The first-order valence-corrected chi connectivity index (χ1v) is 8.16. The summed E-state index contributed by atoms with van der Waals surface area (Å²) in [5.74, 6) is 0.0889. The first kappa shape index (κ1) is 20.1. The number of carbonyl (C=O) groups excluding carboxylic acids is 1. The third-order valence-corrected chi connectivity index (χ3v) is 4.52. The molecule has 138 valence electrons. The Hall–Kier alpha value is -2.24. The molecule has 0 fully saturated rings. The number of rotatable bonds is 2. The fourth-order valence-electron chi connectivity index (χ4n) is 3.35. The van der Waals surface area contributed by atoms with Crippen molar-refractivity contribution in [3.63, 3.8) is 0 Å². The quantitative estimate of drug-likeness (QED) is 0.633. The lowest BCUT2D eigenvalue weighted by Crippen LogP contribution is -2.30. The van der Waals surface area contributed by atoms with Gasteiger partial charge in [-0.05, 0) is 61.6 Å². The number of nitrogens with two attached hydrogens (primary N) is 1. The van der Waals surface area contributed by atoms with Gasteiger partial charge in [0.05, 0.1) is 6.04 Å². The number of fused-ring (bicyclic) bond motifs is 2. The van der Waals surface area contributed by atoms with Crippen LogP contribution in [0.2, 0.25) is 0 Å². The van der Waals surface area contributed by atoms with E-state index in [4.69, 9.17) is 10.2 Å². The van der Waals surface area contributed by atoms with Crippen LogP contribution < -0.4 is 11.1 Å². The highest BCUT2D eigenvalue weighted by molar-refractivity contribution is 5.95. The molecule has 1 atom stereocenters. The number of amides is 1. The Labute approximate surface area is 164 Å². The third kappa shape index (κ3) is 3.79. The van der Waals surface area contributed by atoms with Crippen LogP contribution in [0.25, 0.3) is 11.1 Å². The Morgan fingerprint density at radius 2 is 2.04 bits per heavy atom. The minimum Gasteiger partial charge on any atom is -0.449 e. The molecule has 0 aliphatic heterocycles. The van der Waals surface area contributed by atoms with Crippen molar-refractivity contribution in [2.45, 2.75) is 32.2 Å². The molecule has 3 N–H and O–H groups in total. The van der Waals surface area contributed by atoms with E-state index in [-0.39, 0.29) is 36.8 Å². The van der Waals surface area contributed by atoms with Crippen molar-refractivity contribution in [3.05, 3.63) is 59.0 Å². The summed E-state index contributed by atoms with van der Waals surface area (Å²) in [6.07, 6.45) is 2.95. The van der Waals surface area contributed by atoms with E-state index in [1.165, 1.54) is 5.56 Å². The molecule has 1 aliphatic carbocycles. The molecule has 1 aromatic carbocycles. The third-order valence-electron chi connectivity index (χ3n) is 4.52. The molecular weight excluding hydrogens is 373 g/mol. The monoisotopic (exact) mass is 393 g/mol. The van der Waals surface area contributed by atoms with E-state index in [0.717, 1.165) is 36.2 Å². The van der Waals surface area contributed by atoms with Crippen molar-refractivity contribution in [1.29, 1.82) is 0 Å². The summed E-state index contributed by atoms with van der Waals surface area (Å²) in [6, 6.07) is 11.3. The SMILES string of the molecule is Cc1ccc2oc(C(=O)NC3CCCc4cc(N)ccc43)cc2n1.Cl.Cl. The molecule has 26 heavy (non-hydrogen) atoms. The van der Waals surface area contributed by atoms with E-state index in [2.05, 4.69) is 10.3 Å². The second-order valence-electron chi connectivity index (χ2n) is 6.32. The molecule has 0 bridgehead atoms. The maximum Gasteiger partial charge on any atom is 0.287 e. The van der Waals surface area contributed by atoms with Gasteiger partial charge >= 0.3 is 0 Å². The summed E-state index contributed by atoms with van der Waals surface area (Å²) in [5, 5.41) is 3.09. The fourth-order valence-corrected chi connectivity index (χ4v) is 3.35. The maximum atomic E-state index is 12.6. The van der Waals surface area contributed by atoms with Gasteiger partial charge in [0.15, 0.2) is 11.3 Å². The van der Waals surface area contributed by atoms with Crippen LogP contribution >= 0.6 is 24.8 Å². The normalized spacial score (nSPS) is 15.5. The summed E-state index contributed by atoms with van der Waals surface area (Å²) in [4.78, 5) is 17.0. The predicted molar refractivity (Wildman–Crippen MR) is 107 cm³/mol. The Kier molecular flexibility index (Phi) is 6.16. The Morgan fingerprint density at radius 1 is 1.23 bits per heavy atom. The maximum absolute atomic E-state index is 12.6. The Bertz CT molecular complexity index is 940. The number of furan rings is 1. The highest BCUT2D eigenvalue weighted by Gasteiger charge is 2.24. The van der Waals surface area contributed by atoms with Gasteiger partial charge in [0.2, 0.25) is 0 Å². The number of nitrogens with one attached hydrogen (secondary N) is 1. The lowest BCUT2D eigenvalue weighted by atomic mass is 9.87. The number of carbonyl (C=O) groups is 1. The second-order valence-corrected chi connectivity index (χ2v) is 6.32. The summed E-state index contributed by atoms with van der Waals surface area (Å²) in [5.41, 5.74) is 11.2. The number of pyridine rings is 1. The number of benzene rings is 1. The molecule has 0 radical (unpaired) electrons. The van der Waals surface area contributed by atoms with Crippen molar-refractivity contribution in [3.8, 4) is 0 Å². The van der Waals surface area contributed by atoms with E-state index in [1.807, 2.05) is 37.3 Å². The van der Waals surface area contributed by atoms with Gasteiger partial charge in [0, 0.05) is 17.4 Å². The van der Waals surface area contributed by atoms with Gasteiger partial charge in [0.25, 0.3) is 5.91 Å². The molecule has 4 rings (SSSR count). The van der Waals surface area contributed by atoms with Crippen LogP contribution in [0, 0.1) is 6.92 Å². The minimum atomic E-state index is -0.208. The molecule has 2 heterocycles. The van der Waals surface area contributed by atoms with Crippen LogP contribution in [-0.4, -0.2) is 10.9 Å². The number of nitrogens with zero attached hydrogens (tertiary/aromatic N) is 1. The number of aryl methyl sites for hydroxylation is 2. The van der Waals surface area contributed by atoms with E-state index < -0.39 is 0 Å². The van der Waals surface area contributed by atoms with Crippen LogP contribution in [0.3, 0.4) is 0 Å². The van der Waals surface area contributed by atoms with Crippen LogP contribution in [0.4, 0.5) is 5.69 Å². The van der Waals surface area contributed by atoms with Gasteiger partial charge in [0.1, 0.15) is 5.52 Å². The topological polar surface area (TPSA) is 81.2 Å². The molecular formula is C19H21Cl2N3O2.